The first kappa shape index (κ1) is 20.4. The Morgan fingerprint density at radius 3 is 2.58 bits per heavy atom. The fraction of sp³-hybridized carbons (Fsp3) is 0.474. The Labute approximate surface area is 158 Å². The highest BCUT2D eigenvalue weighted by Crippen LogP contribution is 2.17. The van der Waals surface area contributed by atoms with E-state index in [0.717, 1.165) is 0 Å². The molecular weight excluding hydrogens is 357 g/mol. The number of aromatic amines is 1. The van der Waals surface area contributed by atoms with Crippen LogP contribution in [0.1, 0.15) is 48.9 Å². The van der Waals surface area contributed by atoms with Crippen molar-refractivity contribution >= 4 is 29.2 Å². The monoisotopic (exact) mass is 381 g/mol. The van der Waals surface area contributed by atoms with Crippen molar-refractivity contribution in [1.29, 1.82) is 0 Å². The number of benzene rings is 1. The molecule has 1 aromatic heterocycles. The molecule has 3 rings (SSSR count). The summed E-state index contributed by atoms with van der Waals surface area (Å²) in [6, 6.07) is 5.81. The van der Waals surface area contributed by atoms with E-state index < -0.39 is 11.4 Å². The van der Waals surface area contributed by atoms with Gasteiger partial charge in [-0.05, 0) is 31.0 Å². The molecule has 0 atom stereocenters. The summed E-state index contributed by atoms with van der Waals surface area (Å²) in [6.45, 7) is 1.19. The number of pyridine rings is 1. The van der Waals surface area contributed by atoms with Gasteiger partial charge in [0.1, 0.15) is 5.82 Å². The third-order valence-electron chi connectivity index (χ3n) is 4.75. The van der Waals surface area contributed by atoms with Gasteiger partial charge >= 0.3 is 0 Å². The number of carbonyl (C=O) groups is 1. The van der Waals surface area contributed by atoms with E-state index >= 15 is 0 Å². The first-order chi connectivity index (χ1) is 12.1. The second-order valence-corrected chi connectivity index (χ2v) is 6.64. The largest absolute Gasteiger partial charge is 0.351 e. The Morgan fingerprint density at radius 2 is 1.85 bits per heavy atom. The Morgan fingerprint density at radius 1 is 1.12 bits per heavy atom. The van der Waals surface area contributed by atoms with Crippen molar-refractivity contribution in [2.24, 2.45) is 0 Å². The van der Waals surface area contributed by atoms with E-state index in [4.69, 9.17) is 0 Å². The van der Waals surface area contributed by atoms with Crippen LogP contribution in [0.25, 0.3) is 10.9 Å². The third-order valence-corrected chi connectivity index (χ3v) is 4.75. The van der Waals surface area contributed by atoms with E-state index in [1.807, 2.05) is 0 Å². The molecule has 0 radical (unpaired) electrons. The van der Waals surface area contributed by atoms with Gasteiger partial charge in [-0.3, -0.25) is 9.59 Å². The smallest absolute Gasteiger partial charge is 0.252 e. The normalized spacial score (nSPS) is 15.3. The molecule has 1 aliphatic rings. The molecule has 1 amide bonds. The predicted octanol–water partition coefficient (Wildman–Crippen LogP) is 3.13. The van der Waals surface area contributed by atoms with Crippen LogP contribution in [0.2, 0.25) is 0 Å². The minimum Gasteiger partial charge on any atom is -0.351 e. The van der Waals surface area contributed by atoms with Gasteiger partial charge in [-0.2, -0.15) is 0 Å². The summed E-state index contributed by atoms with van der Waals surface area (Å²) >= 11 is 0. The molecule has 7 heteroatoms. The van der Waals surface area contributed by atoms with E-state index in [2.05, 4.69) is 15.6 Å². The summed E-state index contributed by atoms with van der Waals surface area (Å²) in [5.41, 5.74) is 0.183. The molecule has 1 aromatic carbocycles. The van der Waals surface area contributed by atoms with Crippen LogP contribution in [-0.2, 0) is 0 Å². The second-order valence-electron chi connectivity index (χ2n) is 6.64. The maximum Gasteiger partial charge on any atom is 0.252 e. The molecule has 0 aliphatic heterocycles. The van der Waals surface area contributed by atoms with Crippen LogP contribution < -0.4 is 16.2 Å². The van der Waals surface area contributed by atoms with Crippen LogP contribution in [-0.4, -0.2) is 30.0 Å². The number of hydrogen-bond acceptors (Lipinski definition) is 3. The van der Waals surface area contributed by atoms with Crippen LogP contribution >= 0.6 is 12.4 Å². The number of nitrogens with one attached hydrogen (secondary N) is 3. The van der Waals surface area contributed by atoms with Crippen molar-refractivity contribution in [2.45, 2.75) is 44.6 Å². The lowest BCUT2D eigenvalue weighted by Gasteiger charge is -2.16. The summed E-state index contributed by atoms with van der Waals surface area (Å²) in [4.78, 5) is 26.7. The van der Waals surface area contributed by atoms with Crippen molar-refractivity contribution < 1.29 is 9.18 Å². The molecular formula is C19H25ClFN3O2. The van der Waals surface area contributed by atoms with Crippen molar-refractivity contribution in [1.82, 2.24) is 15.6 Å². The van der Waals surface area contributed by atoms with Crippen molar-refractivity contribution in [3.8, 4) is 0 Å². The van der Waals surface area contributed by atoms with E-state index in [-0.39, 0.29) is 23.9 Å². The summed E-state index contributed by atoms with van der Waals surface area (Å²) in [5, 5.41) is 6.87. The Balaban J connectivity index is 0.00000243. The van der Waals surface area contributed by atoms with Gasteiger partial charge < -0.3 is 15.6 Å². The molecule has 1 aliphatic carbocycles. The highest BCUT2D eigenvalue weighted by Gasteiger charge is 2.13. The standard InChI is InChI=1S/C19H24FN3O2.ClH/c20-13-7-8-15-16(12-18(24)23-17(15)11-13)19(25)22-10-9-21-14-5-3-1-2-4-6-14;/h7-8,11-12,14,21H,1-6,9-10H2,(H,22,25)(H,23,24);1H. The number of aromatic nitrogens is 1. The number of amides is 1. The molecule has 5 nitrogen and oxygen atoms in total. The summed E-state index contributed by atoms with van der Waals surface area (Å²) in [6.07, 6.45) is 7.53. The number of hydrogen-bond donors (Lipinski definition) is 3. The molecule has 0 bridgehead atoms. The molecule has 0 saturated heterocycles. The fourth-order valence-corrected chi connectivity index (χ4v) is 3.45. The Bertz CT molecular complexity index is 801. The average molecular weight is 382 g/mol. The quantitative estimate of drug-likeness (QED) is 0.550. The van der Waals surface area contributed by atoms with Gasteiger partial charge in [0.15, 0.2) is 0 Å². The zero-order valence-electron chi connectivity index (χ0n) is 14.6. The first-order valence-corrected chi connectivity index (χ1v) is 8.97. The second kappa shape index (κ2) is 9.69. The molecule has 1 fully saturated rings. The SMILES string of the molecule is Cl.O=C(NCCNC1CCCCCC1)c1cc(=O)[nH]c2cc(F)ccc12. The Kier molecular flexibility index (Phi) is 7.60. The van der Waals surface area contributed by atoms with Gasteiger partial charge in [-0.25, -0.2) is 4.39 Å². The van der Waals surface area contributed by atoms with Crippen LogP contribution in [0.3, 0.4) is 0 Å². The van der Waals surface area contributed by atoms with Gasteiger partial charge in [0.05, 0.1) is 11.1 Å². The van der Waals surface area contributed by atoms with Crippen molar-refractivity contribution in [3.05, 3.63) is 46.0 Å². The number of rotatable bonds is 5. The van der Waals surface area contributed by atoms with Gasteiger partial charge in [0.2, 0.25) is 5.56 Å². The Hall–Kier alpha value is -1.92. The van der Waals surface area contributed by atoms with E-state index in [9.17, 15) is 14.0 Å². The summed E-state index contributed by atoms with van der Waals surface area (Å²) in [5.74, 6) is -0.765. The van der Waals surface area contributed by atoms with Crippen LogP contribution in [0, 0.1) is 5.82 Å². The van der Waals surface area contributed by atoms with E-state index in [1.165, 1.54) is 62.8 Å². The summed E-state index contributed by atoms with van der Waals surface area (Å²) < 4.78 is 13.3. The van der Waals surface area contributed by atoms with Crippen molar-refractivity contribution in [2.75, 3.05) is 13.1 Å². The molecule has 3 N–H and O–H groups in total. The van der Waals surface area contributed by atoms with E-state index in [0.29, 0.717) is 30.0 Å². The first-order valence-electron chi connectivity index (χ1n) is 8.97. The van der Waals surface area contributed by atoms with Gasteiger partial charge in [0.25, 0.3) is 5.91 Å². The van der Waals surface area contributed by atoms with Crippen LogP contribution in [0.5, 0.6) is 0 Å². The average Bonchev–Trinajstić information content (AvgIpc) is 2.86. The highest BCUT2D eigenvalue weighted by molar-refractivity contribution is 6.05. The minimum absolute atomic E-state index is 0. The zero-order chi connectivity index (χ0) is 17.6. The van der Waals surface area contributed by atoms with Gasteiger partial charge in [-0.1, -0.05) is 25.7 Å². The van der Waals surface area contributed by atoms with Crippen LogP contribution in [0.15, 0.2) is 29.1 Å². The minimum atomic E-state index is -0.451. The van der Waals surface area contributed by atoms with E-state index in [1.54, 1.807) is 0 Å². The third kappa shape index (κ3) is 5.29. The number of fused-ring (bicyclic) bond motifs is 1. The maximum absolute atomic E-state index is 13.3. The van der Waals surface area contributed by atoms with Gasteiger partial charge in [-0.15, -0.1) is 12.4 Å². The molecule has 142 valence electrons. The number of carbonyl (C=O) groups excluding carboxylic acids is 1. The number of halogens is 2. The molecule has 1 saturated carbocycles. The molecule has 2 aromatic rings. The fourth-order valence-electron chi connectivity index (χ4n) is 3.45. The maximum atomic E-state index is 13.3. The molecule has 0 unspecified atom stereocenters. The van der Waals surface area contributed by atoms with Crippen LogP contribution in [0.4, 0.5) is 4.39 Å². The van der Waals surface area contributed by atoms with Gasteiger partial charge in [0, 0.05) is 30.6 Å². The molecule has 26 heavy (non-hydrogen) atoms. The summed E-state index contributed by atoms with van der Waals surface area (Å²) in [7, 11) is 0. The predicted molar refractivity (Wildman–Crippen MR) is 104 cm³/mol. The zero-order valence-corrected chi connectivity index (χ0v) is 15.5. The highest BCUT2D eigenvalue weighted by atomic mass is 35.5. The lowest BCUT2D eigenvalue weighted by molar-refractivity contribution is 0.0955. The van der Waals surface area contributed by atoms with Crippen molar-refractivity contribution in [3.63, 3.8) is 0 Å². The lowest BCUT2D eigenvalue weighted by atomic mass is 10.1. The topological polar surface area (TPSA) is 74.0 Å². The molecule has 0 spiro atoms. The number of H-pyrrole nitrogens is 1. The lowest BCUT2D eigenvalue weighted by Crippen LogP contribution is -2.37. The molecule has 1 heterocycles.